The van der Waals surface area contributed by atoms with E-state index in [0.717, 1.165) is 11.1 Å². The van der Waals surface area contributed by atoms with E-state index >= 15 is 0 Å². The maximum absolute atomic E-state index is 3.97. The van der Waals surface area contributed by atoms with Crippen molar-refractivity contribution in [3.8, 4) is 11.8 Å². The van der Waals surface area contributed by atoms with E-state index < -0.39 is 0 Å². The van der Waals surface area contributed by atoms with Crippen LogP contribution in [-0.4, -0.2) is 4.98 Å². The molecule has 0 amide bonds. The molecular formula is C17H17N. The lowest BCUT2D eigenvalue weighted by Crippen LogP contribution is -2.10. The molecular weight excluding hydrogens is 218 g/mol. The van der Waals surface area contributed by atoms with E-state index in [1.165, 1.54) is 5.56 Å². The van der Waals surface area contributed by atoms with Crippen LogP contribution in [-0.2, 0) is 5.41 Å². The summed E-state index contributed by atoms with van der Waals surface area (Å²) in [6.07, 6.45) is 3.51. The lowest BCUT2D eigenvalue weighted by Gasteiger charge is -2.18. The van der Waals surface area contributed by atoms with E-state index in [1.807, 2.05) is 12.1 Å². The third-order valence-corrected chi connectivity index (χ3v) is 2.78. The van der Waals surface area contributed by atoms with Gasteiger partial charge in [-0.2, -0.15) is 0 Å². The molecule has 90 valence electrons. The monoisotopic (exact) mass is 235 g/mol. The zero-order valence-corrected chi connectivity index (χ0v) is 11.1. The maximum atomic E-state index is 3.97. The fourth-order valence-electron chi connectivity index (χ4n) is 1.63. The van der Waals surface area contributed by atoms with Gasteiger partial charge in [-0.25, -0.2) is 0 Å². The van der Waals surface area contributed by atoms with Crippen molar-refractivity contribution >= 4 is 0 Å². The van der Waals surface area contributed by atoms with Gasteiger partial charge in [0, 0.05) is 23.5 Å². The maximum Gasteiger partial charge on any atom is 0.0280 e. The number of pyridine rings is 1. The van der Waals surface area contributed by atoms with Gasteiger partial charge in [-0.05, 0) is 35.2 Å². The third kappa shape index (κ3) is 3.21. The number of hydrogen-bond donors (Lipinski definition) is 0. The Labute approximate surface area is 109 Å². The van der Waals surface area contributed by atoms with Crippen LogP contribution < -0.4 is 0 Å². The average molecular weight is 235 g/mol. The first-order chi connectivity index (χ1) is 8.55. The molecule has 1 aromatic heterocycles. The summed E-state index contributed by atoms with van der Waals surface area (Å²) < 4.78 is 0. The molecule has 0 unspecified atom stereocenters. The van der Waals surface area contributed by atoms with Crippen LogP contribution in [0.2, 0.25) is 0 Å². The van der Waals surface area contributed by atoms with E-state index in [1.54, 1.807) is 12.4 Å². The van der Waals surface area contributed by atoms with Crippen molar-refractivity contribution < 1.29 is 0 Å². The van der Waals surface area contributed by atoms with Crippen molar-refractivity contribution in [2.45, 2.75) is 26.2 Å². The summed E-state index contributed by atoms with van der Waals surface area (Å²) in [6.45, 7) is 6.64. The predicted octanol–water partition coefficient (Wildman–Crippen LogP) is 3.78. The van der Waals surface area contributed by atoms with Crippen LogP contribution in [0.15, 0.2) is 48.8 Å². The van der Waals surface area contributed by atoms with Gasteiger partial charge in [0.25, 0.3) is 0 Å². The van der Waals surface area contributed by atoms with Crippen molar-refractivity contribution in [1.29, 1.82) is 0 Å². The van der Waals surface area contributed by atoms with Crippen LogP contribution >= 0.6 is 0 Å². The Hall–Kier alpha value is -2.07. The zero-order valence-electron chi connectivity index (χ0n) is 11.1. The first kappa shape index (κ1) is 12.4. The van der Waals surface area contributed by atoms with Gasteiger partial charge in [0.05, 0.1) is 0 Å². The number of nitrogens with zero attached hydrogens (tertiary/aromatic N) is 1. The number of benzene rings is 1. The Balaban J connectivity index is 2.20. The Bertz CT molecular complexity index is 563. The molecule has 1 aromatic carbocycles. The Morgan fingerprint density at radius 3 is 1.78 bits per heavy atom. The summed E-state index contributed by atoms with van der Waals surface area (Å²) in [5, 5.41) is 0. The van der Waals surface area contributed by atoms with Crippen LogP contribution in [0.5, 0.6) is 0 Å². The van der Waals surface area contributed by atoms with Crippen molar-refractivity contribution in [3.05, 3.63) is 65.5 Å². The summed E-state index contributed by atoms with van der Waals surface area (Å²) in [5.41, 5.74) is 3.55. The van der Waals surface area contributed by atoms with Crippen LogP contribution in [0.3, 0.4) is 0 Å². The van der Waals surface area contributed by atoms with Gasteiger partial charge in [0.2, 0.25) is 0 Å². The molecule has 0 atom stereocenters. The molecule has 0 aliphatic carbocycles. The smallest absolute Gasteiger partial charge is 0.0280 e. The highest BCUT2D eigenvalue weighted by Crippen LogP contribution is 2.21. The first-order valence-electron chi connectivity index (χ1n) is 6.08. The molecule has 2 aromatic rings. The lowest BCUT2D eigenvalue weighted by molar-refractivity contribution is 0.590. The molecule has 0 aliphatic heterocycles. The molecule has 2 rings (SSSR count). The molecule has 0 spiro atoms. The minimum atomic E-state index is 0.192. The van der Waals surface area contributed by atoms with Crippen LogP contribution in [0, 0.1) is 11.8 Å². The highest BCUT2D eigenvalue weighted by Gasteiger charge is 2.12. The normalized spacial score (nSPS) is 10.6. The lowest BCUT2D eigenvalue weighted by atomic mass is 9.87. The van der Waals surface area contributed by atoms with Gasteiger partial charge in [0.1, 0.15) is 0 Å². The Morgan fingerprint density at radius 1 is 0.778 bits per heavy atom. The van der Waals surface area contributed by atoms with Gasteiger partial charge in [0.15, 0.2) is 0 Å². The molecule has 0 saturated carbocycles. The second kappa shape index (κ2) is 5.06. The molecule has 0 aliphatic rings. The number of rotatable bonds is 0. The fourth-order valence-corrected chi connectivity index (χ4v) is 1.63. The second-order valence-electron chi connectivity index (χ2n) is 5.31. The standard InChI is InChI=1S/C17H17N/c1-17(2,3)16-8-6-14(7-9-16)4-5-15-10-12-18-13-11-15/h6-13H,1-3H3. The minimum absolute atomic E-state index is 0.192. The highest BCUT2D eigenvalue weighted by atomic mass is 14.6. The zero-order chi connectivity index (χ0) is 13.0. The molecule has 1 nitrogen and oxygen atoms in total. The number of aromatic nitrogens is 1. The molecule has 1 heterocycles. The SMILES string of the molecule is CC(C)(C)c1ccc(C#Cc2ccncc2)cc1. The summed E-state index contributed by atoms with van der Waals surface area (Å²) >= 11 is 0. The van der Waals surface area contributed by atoms with Crippen LogP contribution in [0.25, 0.3) is 0 Å². The van der Waals surface area contributed by atoms with Crippen molar-refractivity contribution in [2.75, 3.05) is 0 Å². The molecule has 18 heavy (non-hydrogen) atoms. The van der Waals surface area contributed by atoms with Crippen LogP contribution in [0.1, 0.15) is 37.5 Å². The molecule has 0 saturated heterocycles. The van der Waals surface area contributed by atoms with E-state index in [4.69, 9.17) is 0 Å². The van der Waals surface area contributed by atoms with Gasteiger partial charge in [-0.3, -0.25) is 4.98 Å². The fraction of sp³-hybridized carbons (Fsp3) is 0.235. The van der Waals surface area contributed by atoms with E-state index in [-0.39, 0.29) is 5.41 Å². The summed E-state index contributed by atoms with van der Waals surface area (Å²) in [4.78, 5) is 3.97. The Morgan fingerprint density at radius 2 is 1.28 bits per heavy atom. The quantitative estimate of drug-likeness (QED) is 0.633. The van der Waals surface area contributed by atoms with E-state index in [9.17, 15) is 0 Å². The molecule has 0 N–H and O–H groups in total. The highest BCUT2D eigenvalue weighted by molar-refractivity contribution is 5.43. The Kier molecular flexibility index (Phi) is 3.48. The van der Waals surface area contributed by atoms with Gasteiger partial charge >= 0.3 is 0 Å². The molecule has 0 fully saturated rings. The minimum Gasteiger partial charge on any atom is -0.265 e. The number of hydrogen-bond acceptors (Lipinski definition) is 1. The summed E-state index contributed by atoms with van der Waals surface area (Å²) in [6, 6.07) is 12.3. The predicted molar refractivity (Wildman–Crippen MR) is 75.4 cm³/mol. The second-order valence-corrected chi connectivity index (χ2v) is 5.31. The molecule has 0 bridgehead atoms. The van der Waals surface area contributed by atoms with Crippen molar-refractivity contribution in [3.63, 3.8) is 0 Å². The molecule has 1 heteroatoms. The summed E-state index contributed by atoms with van der Waals surface area (Å²) in [7, 11) is 0. The van der Waals surface area contributed by atoms with Gasteiger partial charge in [-0.1, -0.05) is 44.7 Å². The topological polar surface area (TPSA) is 12.9 Å². The van der Waals surface area contributed by atoms with E-state index in [0.29, 0.717) is 0 Å². The van der Waals surface area contributed by atoms with Crippen LogP contribution in [0.4, 0.5) is 0 Å². The third-order valence-electron chi connectivity index (χ3n) is 2.78. The van der Waals surface area contributed by atoms with Crippen molar-refractivity contribution in [2.24, 2.45) is 0 Å². The van der Waals surface area contributed by atoms with E-state index in [2.05, 4.69) is 61.9 Å². The summed E-state index contributed by atoms with van der Waals surface area (Å²) in [5.74, 6) is 6.29. The average Bonchev–Trinajstić information content (AvgIpc) is 2.37. The molecule has 0 radical (unpaired) electrons. The van der Waals surface area contributed by atoms with Gasteiger partial charge < -0.3 is 0 Å². The largest absolute Gasteiger partial charge is 0.265 e. The first-order valence-corrected chi connectivity index (χ1v) is 6.08. The van der Waals surface area contributed by atoms with Crippen molar-refractivity contribution in [1.82, 2.24) is 4.98 Å². The van der Waals surface area contributed by atoms with Gasteiger partial charge in [-0.15, -0.1) is 0 Å².